The van der Waals surface area contributed by atoms with Crippen LogP contribution in [0.1, 0.15) is 41.4 Å². The number of benzene rings is 1. The summed E-state index contributed by atoms with van der Waals surface area (Å²) >= 11 is 0. The predicted molar refractivity (Wildman–Crippen MR) is 86.5 cm³/mol. The molecule has 0 saturated heterocycles. The van der Waals surface area contributed by atoms with Crippen LogP contribution in [0, 0.1) is 0 Å². The zero-order valence-electron chi connectivity index (χ0n) is 12.2. The number of fused-ring (bicyclic) bond motifs is 2. The summed E-state index contributed by atoms with van der Waals surface area (Å²) in [6.07, 6.45) is 9.53. The summed E-state index contributed by atoms with van der Waals surface area (Å²) in [5.74, 6) is 1.65. The first-order valence-corrected chi connectivity index (χ1v) is 7.80. The smallest absolute Gasteiger partial charge is 0.131 e. The van der Waals surface area contributed by atoms with Gasteiger partial charge in [-0.25, -0.2) is 9.97 Å². The van der Waals surface area contributed by atoms with Crippen LogP contribution in [0.15, 0.2) is 48.8 Å². The molecule has 0 radical (unpaired) electrons. The molecule has 1 saturated carbocycles. The lowest BCUT2D eigenvalue weighted by molar-refractivity contribution is 0.894. The van der Waals surface area contributed by atoms with E-state index in [-0.39, 0.29) is 0 Å². The molecule has 0 N–H and O–H groups in total. The van der Waals surface area contributed by atoms with Crippen molar-refractivity contribution in [2.45, 2.75) is 25.2 Å². The van der Waals surface area contributed by atoms with E-state index in [0.717, 1.165) is 17.8 Å². The van der Waals surface area contributed by atoms with Crippen molar-refractivity contribution in [1.29, 1.82) is 0 Å². The van der Waals surface area contributed by atoms with Crippen LogP contribution >= 0.6 is 0 Å². The van der Waals surface area contributed by atoms with E-state index in [0.29, 0.717) is 5.92 Å². The zero-order valence-corrected chi connectivity index (χ0v) is 12.2. The number of hydrogen-bond acceptors (Lipinski definition) is 3. The maximum Gasteiger partial charge on any atom is 0.131 e. The average Bonchev–Trinajstić information content (AvgIpc) is 3.34. The maximum absolute atomic E-state index is 4.78. The van der Waals surface area contributed by atoms with Gasteiger partial charge < -0.3 is 0 Å². The van der Waals surface area contributed by atoms with Gasteiger partial charge in [0.05, 0.1) is 11.2 Å². The minimum absolute atomic E-state index is 0.612. The van der Waals surface area contributed by atoms with Crippen molar-refractivity contribution >= 4 is 16.5 Å². The second-order valence-corrected chi connectivity index (χ2v) is 6.10. The van der Waals surface area contributed by atoms with E-state index in [1.807, 2.05) is 18.5 Å². The Morgan fingerprint density at radius 3 is 2.91 bits per heavy atom. The van der Waals surface area contributed by atoms with Crippen LogP contribution in [0.4, 0.5) is 0 Å². The summed E-state index contributed by atoms with van der Waals surface area (Å²) < 4.78 is 0. The molecule has 0 amide bonds. The average molecular weight is 285 g/mol. The topological polar surface area (TPSA) is 38.7 Å². The van der Waals surface area contributed by atoms with E-state index >= 15 is 0 Å². The fraction of sp³-hybridized carbons (Fsp3) is 0.211. The molecule has 0 spiro atoms. The monoisotopic (exact) mass is 285 g/mol. The Labute approximate surface area is 128 Å². The number of hydrogen-bond donors (Lipinski definition) is 0. The second-order valence-electron chi connectivity index (χ2n) is 6.10. The molecule has 1 fully saturated rings. The van der Waals surface area contributed by atoms with E-state index in [1.54, 1.807) is 0 Å². The Balaban J connectivity index is 1.58. The highest BCUT2D eigenvalue weighted by molar-refractivity contribution is 5.89. The first-order valence-electron chi connectivity index (χ1n) is 7.80. The van der Waals surface area contributed by atoms with E-state index in [2.05, 4.69) is 40.3 Å². The molecular weight excluding hydrogens is 270 g/mol. The molecule has 2 aliphatic rings. The molecule has 0 unspecified atom stereocenters. The van der Waals surface area contributed by atoms with Crippen LogP contribution in [0.2, 0.25) is 0 Å². The van der Waals surface area contributed by atoms with Gasteiger partial charge in [-0.15, -0.1) is 0 Å². The third-order valence-corrected chi connectivity index (χ3v) is 4.53. The third kappa shape index (κ3) is 1.86. The van der Waals surface area contributed by atoms with Gasteiger partial charge in [-0.2, -0.15) is 0 Å². The van der Waals surface area contributed by atoms with Crippen LogP contribution in [-0.4, -0.2) is 15.0 Å². The van der Waals surface area contributed by atoms with Crippen molar-refractivity contribution in [3.63, 3.8) is 0 Å². The van der Waals surface area contributed by atoms with E-state index < -0.39 is 0 Å². The van der Waals surface area contributed by atoms with Gasteiger partial charge in [0, 0.05) is 35.7 Å². The van der Waals surface area contributed by atoms with Crippen LogP contribution in [0.5, 0.6) is 0 Å². The predicted octanol–water partition coefficient (Wildman–Crippen LogP) is 3.89. The maximum atomic E-state index is 4.78. The van der Waals surface area contributed by atoms with Crippen LogP contribution in [-0.2, 0) is 6.42 Å². The minimum atomic E-state index is 0.612. The highest BCUT2D eigenvalue weighted by Crippen LogP contribution is 2.39. The molecule has 0 atom stereocenters. The van der Waals surface area contributed by atoms with Gasteiger partial charge in [-0.1, -0.05) is 18.2 Å². The minimum Gasteiger partial charge on any atom is -0.256 e. The normalized spacial score (nSPS) is 16.6. The Kier molecular flexibility index (Phi) is 2.45. The first kappa shape index (κ1) is 12.0. The van der Waals surface area contributed by atoms with E-state index in [9.17, 15) is 0 Å². The summed E-state index contributed by atoms with van der Waals surface area (Å²) in [5.41, 5.74) is 5.88. The summed E-state index contributed by atoms with van der Waals surface area (Å²) in [6, 6.07) is 10.5. The quantitative estimate of drug-likeness (QED) is 0.717. The lowest BCUT2D eigenvalue weighted by Gasteiger charge is -2.08. The molecule has 3 nitrogen and oxygen atoms in total. The molecule has 3 aromatic rings. The highest BCUT2D eigenvalue weighted by Gasteiger charge is 2.28. The lowest BCUT2D eigenvalue weighted by atomic mass is 10.0. The number of allylic oxidation sites excluding steroid dienone is 1. The highest BCUT2D eigenvalue weighted by atomic mass is 14.9. The zero-order chi connectivity index (χ0) is 14.5. The number of nitrogens with zero attached hydrogens (tertiary/aromatic N) is 3. The fourth-order valence-corrected chi connectivity index (χ4v) is 3.18. The van der Waals surface area contributed by atoms with Crippen LogP contribution in [0.3, 0.4) is 0 Å². The largest absolute Gasteiger partial charge is 0.256 e. The van der Waals surface area contributed by atoms with Crippen molar-refractivity contribution in [2.75, 3.05) is 0 Å². The van der Waals surface area contributed by atoms with Crippen molar-refractivity contribution < 1.29 is 0 Å². The number of rotatable bonds is 2. The molecule has 0 aliphatic heterocycles. The molecule has 5 rings (SSSR count). The summed E-state index contributed by atoms with van der Waals surface area (Å²) in [5, 5.41) is 1.17. The second kappa shape index (κ2) is 4.47. The summed E-state index contributed by atoms with van der Waals surface area (Å²) in [6.45, 7) is 0. The molecule has 2 aromatic heterocycles. The van der Waals surface area contributed by atoms with Crippen LogP contribution < -0.4 is 0 Å². The Hall–Kier alpha value is -2.55. The first-order chi connectivity index (χ1) is 10.9. The lowest BCUT2D eigenvalue weighted by Crippen LogP contribution is -1.99. The third-order valence-electron chi connectivity index (χ3n) is 4.53. The Bertz CT molecular complexity index is 923. The number of pyridine rings is 1. The van der Waals surface area contributed by atoms with Crippen molar-refractivity contribution in [3.05, 3.63) is 71.4 Å². The van der Waals surface area contributed by atoms with E-state index in [4.69, 9.17) is 4.98 Å². The standard InChI is InChI=1S/C19H15N3/c1-2-14-10-13(5-7-17(14)20-9-1)15-6-8-18-16(15)11-21-19(22-18)12-3-4-12/h1-2,5-7,9-12H,3-4,8H2. The van der Waals surface area contributed by atoms with Crippen molar-refractivity contribution in [2.24, 2.45) is 0 Å². The molecule has 2 heterocycles. The summed E-state index contributed by atoms with van der Waals surface area (Å²) in [4.78, 5) is 13.8. The molecule has 1 aromatic carbocycles. The SMILES string of the molecule is C1=C(c2ccc3ncccc3c2)c2cnc(C3CC3)nc2C1. The van der Waals surface area contributed by atoms with Gasteiger partial charge in [0.15, 0.2) is 0 Å². The van der Waals surface area contributed by atoms with Gasteiger partial charge in [0.1, 0.15) is 5.82 Å². The molecule has 106 valence electrons. The van der Waals surface area contributed by atoms with Gasteiger partial charge in [0.25, 0.3) is 0 Å². The van der Waals surface area contributed by atoms with Crippen molar-refractivity contribution in [1.82, 2.24) is 15.0 Å². The van der Waals surface area contributed by atoms with E-state index in [1.165, 1.54) is 40.6 Å². The van der Waals surface area contributed by atoms with Crippen LogP contribution in [0.25, 0.3) is 16.5 Å². The molecule has 22 heavy (non-hydrogen) atoms. The van der Waals surface area contributed by atoms with Gasteiger partial charge in [-0.05, 0) is 42.2 Å². The van der Waals surface area contributed by atoms with Gasteiger partial charge >= 0.3 is 0 Å². The van der Waals surface area contributed by atoms with Gasteiger partial charge in [0.2, 0.25) is 0 Å². The Morgan fingerprint density at radius 2 is 2.00 bits per heavy atom. The molecule has 0 bridgehead atoms. The Morgan fingerprint density at radius 1 is 1.05 bits per heavy atom. The molecular formula is C19H15N3. The summed E-state index contributed by atoms with van der Waals surface area (Å²) in [7, 11) is 0. The van der Waals surface area contributed by atoms with Crippen molar-refractivity contribution in [3.8, 4) is 0 Å². The molecule has 2 aliphatic carbocycles. The number of aromatic nitrogens is 3. The fourth-order valence-electron chi connectivity index (χ4n) is 3.18. The molecule has 3 heteroatoms. The van der Waals surface area contributed by atoms with Gasteiger partial charge in [-0.3, -0.25) is 4.98 Å².